The fourth-order valence-corrected chi connectivity index (χ4v) is 3.81. The van der Waals surface area contributed by atoms with Gasteiger partial charge in [-0.15, -0.1) is 5.11 Å². The fourth-order valence-electron chi connectivity index (χ4n) is 2.36. The van der Waals surface area contributed by atoms with E-state index in [4.69, 9.17) is 0 Å². The van der Waals surface area contributed by atoms with Crippen LogP contribution in [-0.4, -0.2) is 18.5 Å². The van der Waals surface area contributed by atoms with Gasteiger partial charge in [0.15, 0.2) is 5.69 Å². The number of halogens is 1. The number of aromatic hydroxyl groups is 1. The van der Waals surface area contributed by atoms with Gasteiger partial charge in [0.25, 0.3) is 10.0 Å². The molecule has 0 fully saturated rings. The van der Waals surface area contributed by atoms with Crippen molar-refractivity contribution in [2.45, 2.75) is 18.7 Å². The third-order valence-electron chi connectivity index (χ3n) is 3.58. The number of nitrogens with one attached hydrogen (secondary N) is 1. The Hall–Kier alpha value is -2.19. The van der Waals surface area contributed by atoms with Crippen LogP contribution in [0.15, 0.2) is 55.4 Å². The highest BCUT2D eigenvalue weighted by molar-refractivity contribution is 9.10. The van der Waals surface area contributed by atoms with Gasteiger partial charge >= 0.3 is 0 Å². The third kappa shape index (κ3) is 3.07. The van der Waals surface area contributed by atoms with E-state index in [-0.39, 0.29) is 16.5 Å². The van der Waals surface area contributed by atoms with E-state index in [9.17, 15) is 13.5 Å². The van der Waals surface area contributed by atoms with Crippen molar-refractivity contribution >= 4 is 42.5 Å². The van der Waals surface area contributed by atoms with Gasteiger partial charge in [0.1, 0.15) is 0 Å². The maximum Gasteiger partial charge on any atom is 0.300 e. The van der Waals surface area contributed by atoms with Crippen LogP contribution >= 0.6 is 15.9 Å². The number of sulfonamides is 1. The Balaban J connectivity index is 2.09. The lowest BCUT2D eigenvalue weighted by Gasteiger charge is -2.03. The van der Waals surface area contributed by atoms with E-state index < -0.39 is 10.0 Å². The average molecular weight is 408 g/mol. The molecule has 0 spiro atoms. The molecule has 0 aliphatic rings. The Labute approximate surface area is 147 Å². The molecule has 0 saturated heterocycles. The van der Waals surface area contributed by atoms with Crippen molar-refractivity contribution in [3.05, 3.63) is 52.0 Å². The second kappa shape index (κ2) is 6.03. The van der Waals surface area contributed by atoms with E-state index in [2.05, 4.69) is 30.5 Å². The summed E-state index contributed by atoms with van der Waals surface area (Å²) in [6.45, 7) is 3.50. The minimum Gasteiger partial charge on any atom is -0.493 e. The quantitative estimate of drug-likeness (QED) is 0.614. The first-order chi connectivity index (χ1) is 11.3. The van der Waals surface area contributed by atoms with Gasteiger partial charge in [-0.3, -0.25) is 0 Å². The Morgan fingerprint density at radius 2 is 1.88 bits per heavy atom. The molecule has 1 heterocycles. The van der Waals surface area contributed by atoms with Crippen molar-refractivity contribution in [2.24, 2.45) is 9.63 Å². The number of benzene rings is 2. The van der Waals surface area contributed by atoms with Crippen molar-refractivity contribution < 1.29 is 13.5 Å². The highest BCUT2D eigenvalue weighted by Crippen LogP contribution is 2.37. The van der Waals surface area contributed by atoms with E-state index in [1.165, 1.54) is 0 Å². The number of nitrogens with zero attached hydrogens (tertiary/aromatic N) is 2. The van der Waals surface area contributed by atoms with E-state index in [0.29, 0.717) is 16.5 Å². The summed E-state index contributed by atoms with van der Waals surface area (Å²) in [6.07, 6.45) is 0. The molecule has 8 heteroatoms. The van der Waals surface area contributed by atoms with E-state index in [1.54, 1.807) is 44.2 Å². The van der Waals surface area contributed by atoms with E-state index in [1.807, 2.05) is 6.07 Å². The first-order valence-corrected chi connectivity index (χ1v) is 9.27. The summed E-state index contributed by atoms with van der Waals surface area (Å²) in [4.78, 5) is 2.84. The molecule has 3 rings (SSSR count). The minimum absolute atomic E-state index is 0.0835. The average Bonchev–Trinajstić information content (AvgIpc) is 2.82. The molecule has 0 radical (unpaired) electrons. The predicted octanol–water partition coefficient (Wildman–Crippen LogP) is 4.73. The molecule has 2 N–H and O–H groups in total. The normalized spacial score (nSPS) is 12.3. The third-order valence-corrected chi connectivity index (χ3v) is 5.37. The van der Waals surface area contributed by atoms with Gasteiger partial charge in [-0.2, -0.15) is 8.42 Å². The summed E-state index contributed by atoms with van der Waals surface area (Å²) in [7, 11) is -3.96. The molecule has 0 unspecified atom stereocenters. The van der Waals surface area contributed by atoms with Gasteiger partial charge in [-0.25, -0.2) is 0 Å². The van der Waals surface area contributed by atoms with Crippen LogP contribution in [0, 0.1) is 13.8 Å². The molecule has 0 amide bonds. The van der Waals surface area contributed by atoms with Gasteiger partial charge in [0.05, 0.1) is 10.4 Å². The lowest BCUT2D eigenvalue weighted by molar-refractivity contribution is 0.459. The summed E-state index contributed by atoms with van der Waals surface area (Å²) in [5.41, 5.74) is 2.12. The number of aromatic nitrogens is 1. The molecule has 24 heavy (non-hydrogen) atoms. The zero-order valence-electron chi connectivity index (χ0n) is 12.9. The highest BCUT2D eigenvalue weighted by Gasteiger charge is 2.18. The van der Waals surface area contributed by atoms with Crippen LogP contribution in [0.25, 0.3) is 10.9 Å². The SMILES string of the molecule is Cc1ccc(C)c(S(=O)(=O)N=Nc2c(O)[nH]c3ccc(Br)cc23)c1. The maximum atomic E-state index is 12.5. The molecule has 0 aliphatic carbocycles. The van der Waals surface area contributed by atoms with Crippen LogP contribution in [-0.2, 0) is 10.0 Å². The lowest BCUT2D eigenvalue weighted by Crippen LogP contribution is -1.99. The van der Waals surface area contributed by atoms with Crippen LogP contribution in [0.2, 0.25) is 0 Å². The largest absolute Gasteiger partial charge is 0.493 e. The predicted molar refractivity (Wildman–Crippen MR) is 95.3 cm³/mol. The van der Waals surface area contributed by atoms with Crippen molar-refractivity contribution in [3.63, 3.8) is 0 Å². The molecular weight excluding hydrogens is 394 g/mol. The van der Waals surface area contributed by atoms with Crippen LogP contribution in [0.1, 0.15) is 11.1 Å². The molecule has 0 aliphatic heterocycles. The van der Waals surface area contributed by atoms with Crippen LogP contribution < -0.4 is 0 Å². The molecular formula is C16H14BrN3O3S. The van der Waals surface area contributed by atoms with Crippen molar-refractivity contribution in [1.82, 2.24) is 4.98 Å². The van der Waals surface area contributed by atoms with Gasteiger partial charge in [0.2, 0.25) is 5.88 Å². The molecule has 0 saturated carbocycles. The molecule has 3 aromatic rings. The van der Waals surface area contributed by atoms with Crippen LogP contribution in [0.5, 0.6) is 5.88 Å². The first kappa shape index (κ1) is 16.7. The van der Waals surface area contributed by atoms with Gasteiger partial charge < -0.3 is 10.1 Å². The topological polar surface area (TPSA) is 94.9 Å². The van der Waals surface area contributed by atoms with E-state index >= 15 is 0 Å². The number of hydrogen-bond donors (Lipinski definition) is 2. The molecule has 0 atom stereocenters. The number of aryl methyl sites for hydroxylation is 2. The van der Waals surface area contributed by atoms with Gasteiger partial charge in [-0.1, -0.05) is 32.6 Å². The first-order valence-electron chi connectivity index (χ1n) is 7.03. The van der Waals surface area contributed by atoms with Crippen molar-refractivity contribution in [2.75, 3.05) is 0 Å². The second-order valence-electron chi connectivity index (χ2n) is 5.44. The summed E-state index contributed by atoms with van der Waals surface area (Å²) in [5, 5.41) is 14.3. The summed E-state index contributed by atoms with van der Waals surface area (Å²) >= 11 is 3.33. The Kier molecular flexibility index (Phi) is 4.18. The van der Waals surface area contributed by atoms with Crippen molar-refractivity contribution in [1.29, 1.82) is 0 Å². The smallest absolute Gasteiger partial charge is 0.300 e. The maximum absolute atomic E-state index is 12.5. The summed E-state index contributed by atoms with van der Waals surface area (Å²) < 4.78 is 29.2. The van der Waals surface area contributed by atoms with Crippen LogP contribution in [0.3, 0.4) is 0 Å². The second-order valence-corrected chi connectivity index (χ2v) is 7.91. The standard InChI is InChI=1S/C16H14BrN3O3S/c1-9-3-4-10(2)14(7-9)24(22,23)20-19-15-12-8-11(17)5-6-13(12)18-16(15)21/h3-8,18,21H,1-2H3. The number of rotatable bonds is 3. The zero-order chi connectivity index (χ0) is 17.5. The van der Waals surface area contributed by atoms with Crippen LogP contribution in [0.4, 0.5) is 5.69 Å². The summed E-state index contributed by atoms with van der Waals surface area (Å²) in [5.74, 6) is -0.233. The summed E-state index contributed by atoms with van der Waals surface area (Å²) in [6, 6.07) is 10.4. The van der Waals surface area contributed by atoms with Crippen molar-refractivity contribution in [3.8, 4) is 5.88 Å². The Morgan fingerprint density at radius 3 is 2.62 bits per heavy atom. The Bertz CT molecular complexity index is 1070. The van der Waals surface area contributed by atoms with E-state index in [0.717, 1.165) is 10.0 Å². The molecule has 124 valence electrons. The fraction of sp³-hybridized carbons (Fsp3) is 0.125. The molecule has 2 aromatic carbocycles. The Morgan fingerprint density at radius 1 is 1.12 bits per heavy atom. The number of aromatic amines is 1. The lowest BCUT2D eigenvalue weighted by atomic mass is 10.2. The number of H-pyrrole nitrogens is 1. The monoisotopic (exact) mass is 407 g/mol. The highest BCUT2D eigenvalue weighted by atomic mass is 79.9. The number of fused-ring (bicyclic) bond motifs is 1. The van der Waals surface area contributed by atoms with Gasteiger partial charge in [0, 0.05) is 9.86 Å². The van der Waals surface area contributed by atoms with Gasteiger partial charge in [-0.05, 0) is 49.2 Å². The number of hydrogen-bond acceptors (Lipinski definition) is 4. The molecule has 0 bridgehead atoms. The minimum atomic E-state index is -3.96. The molecule has 6 nitrogen and oxygen atoms in total. The molecule has 1 aromatic heterocycles. The zero-order valence-corrected chi connectivity index (χ0v) is 15.3.